The summed E-state index contributed by atoms with van der Waals surface area (Å²) in [5, 5.41) is 3.43. The van der Waals surface area contributed by atoms with Crippen LogP contribution < -0.4 is 5.32 Å². The van der Waals surface area contributed by atoms with E-state index < -0.39 is 0 Å². The predicted octanol–water partition coefficient (Wildman–Crippen LogP) is 2.77. The van der Waals surface area contributed by atoms with Crippen molar-refractivity contribution in [2.75, 3.05) is 6.54 Å². The van der Waals surface area contributed by atoms with Gasteiger partial charge >= 0.3 is 0 Å². The number of unbranched alkanes of at least 4 members (excludes halogenated alkanes) is 2. The first-order valence-electron chi connectivity index (χ1n) is 6.61. The molecule has 0 saturated carbocycles. The monoisotopic (exact) mass is 253 g/mol. The van der Waals surface area contributed by atoms with Crippen LogP contribution in [0.4, 0.5) is 0 Å². The molecule has 0 unspecified atom stereocenters. The molecule has 1 aromatic carbocycles. The fourth-order valence-electron chi connectivity index (χ4n) is 1.91. The number of nitrogens with one attached hydrogen (secondary N) is 1. The highest BCUT2D eigenvalue weighted by Gasteiger charge is 1.96. The van der Waals surface area contributed by atoms with Gasteiger partial charge in [0.1, 0.15) is 0 Å². The molecule has 1 aromatic heterocycles. The lowest BCUT2D eigenvalue weighted by Gasteiger charge is -2.06. The molecule has 0 atom stereocenters. The molecule has 98 valence electrons. The Kier molecular flexibility index (Phi) is 5.21. The molecule has 0 amide bonds. The van der Waals surface area contributed by atoms with Gasteiger partial charge in [0.05, 0.1) is 6.33 Å². The second-order valence-electron chi connectivity index (χ2n) is 4.47. The van der Waals surface area contributed by atoms with Crippen LogP contribution in [-0.4, -0.2) is 16.1 Å². The summed E-state index contributed by atoms with van der Waals surface area (Å²) in [6.07, 6.45) is 13.9. The lowest BCUT2D eigenvalue weighted by Crippen LogP contribution is -2.14. The fourth-order valence-corrected chi connectivity index (χ4v) is 1.91. The summed E-state index contributed by atoms with van der Waals surface area (Å²) in [5.41, 5.74) is 2.43. The summed E-state index contributed by atoms with van der Waals surface area (Å²) in [7, 11) is 0. The first kappa shape index (κ1) is 13.4. The average molecular weight is 253 g/mol. The summed E-state index contributed by atoms with van der Waals surface area (Å²) in [4.78, 5) is 4.04. The van der Waals surface area contributed by atoms with Gasteiger partial charge in [0.2, 0.25) is 0 Å². The Labute approximate surface area is 114 Å². The maximum absolute atomic E-state index is 5.21. The molecule has 2 rings (SSSR count). The zero-order valence-electron chi connectivity index (χ0n) is 11.0. The van der Waals surface area contributed by atoms with E-state index in [0.717, 1.165) is 38.0 Å². The van der Waals surface area contributed by atoms with Gasteiger partial charge in [-0.05, 0) is 37.1 Å². The molecule has 0 bridgehead atoms. The van der Waals surface area contributed by atoms with Gasteiger partial charge in [0.25, 0.3) is 0 Å². The number of hydrogen-bond donors (Lipinski definition) is 1. The topological polar surface area (TPSA) is 29.9 Å². The van der Waals surface area contributed by atoms with Gasteiger partial charge in [-0.1, -0.05) is 12.1 Å². The molecule has 0 saturated heterocycles. The van der Waals surface area contributed by atoms with Crippen LogP contribution in [0.5, 0.6) is 0 Å². The quantitative estimate of drug-likeness (QED) is 0.607. The summed E-state index contributed by atoms with van der Waals surface area (Å²) in [6.45, 7) is 1.92. The maximum atomic E-state index is 5.21. The van der Waals surface area contributed by atoms with Gasteiger partial charge in [-0.15, -0.1) is 12.3 Å². The van der Waals surface area contributed by atoms with Crippen LogP contribution >= 0.6 is 0 Å². The molecular weight excluding hydrogens is 234 g/mol. The number of rotatable bonds is 7. The Bertz CT molecular complexity index is 506. The summed E-state index contributed by atoms with van der Waals surface area (Å²) in [5.74, 6) is 2.66. The molecule has 2 aromatic rings. The lowest BCUT2D eigenvalue weighted by molar-refractivity contribution is 0.630. The average Bonchev–Trinajstić information content (AvgIpc) is 2.97. The molecule has 19 heavy (non-hydrogen) atoms. The third kappa shape index (κ3) is 4.27. The van der Waals surface area contributed by atoms with E-state index in [1.165, 1.54) is 5.56 Å². The predicted molar refractivity (Wildman–Crippen MR) is 78.0 cm³/mol. The van der Waals surface area contributed by atoms with Gasteiger partial charge < -0.3 is 9.88 Å². The van der Waals surface area contributed by atoms with Crippen LogP contribution in [0, 0.1) is 12.3 Å². The maximum Gasteiger partial charge on any atom is 0.0991 e. The third-order valence-electron chi connectivity index (χ3n) is 2.99. The van der Waals surface area contributed by atoms with Gasteiger partial charge in [0.15, 0.2) is 0 Å². The first-order chi connectivity index (χ1) is 9.40. The van der Waals surface area contributed by atoms with Crippen molar-refractivity contribution < 1.29 is 0 Å². The van der Waals surface area contributed by atoms with E-state index in [0.29, 0.717) is 0 Å². The van der Waals surface area contributed by atoms with Crippen LogP contribution in [0.3, 0.4) is 0 Å². The van der Waals surface area contributed by atoms with Crippen molar-refractivity contribution in [2.45, 2.75) is 25.8 Å². The van der Waals surface area contributed by atoms with Crippen molar-refractivity contribution in [1.29, 1.82) is 0 Å². The molecule has 0 radical (unpaired) electrons. The van der Waals surface area contributed by atoms with Gasteiger partial charge in [-0.2, -0.15) is 0 Å². The number of terminal acetylenes is 1. The Morgan fingerprint density at radius 1 is 1.21 bits per heavy atom. The van der Waals surface area contributed by atoms with Gasteiger partial charge in [0, 0.05) is 31.0 Å². The van der Waals surface area contributed by atoms with E-state index in [9.17, 15) is 0 Å². The van der Waals surface area contributed by atoms with Crippen molar-refractivity contribution in [3.05, 3.63) is 48.5 Å². The minimum absolute atomic E-state index is 0.876. The van der Waals surface area contributed by atoms with Crippen LogP contribution in [0.15, 0.2) is 43.0 Å². The zero-order chi connectivity index (χ0) is 13.3. The van der Waals surface area contributed by atoms with Crippen LogP contribution in [0.2, 0.25) is 0 Å². The largest absolute Gasteiger partial charge is 0.313 e. The van der Waals surface area contributed by atoms with Crippen molar-refractivity contribution >= 4 is 0 Å². The number of aromatic nitrogens is 2. The Hall–Kier alpha value is -2.05. The van der Waals surface area contributed by atoms with Gasteiger partial charge in [-0.25, -0.2) is 4.98 Å². The third-order valence-corrected chi connectivity index (χ3v) is 2.99. The highest BCUT2D eigenvalue weighted by Crippen LogP contribution is 2.09. The van der Waals surface area contributed by atoms with Gasteiger partial charge in [-0.3, -0.25) is 0 Å². The minimum Gasteiger partial charge on any atom is -0.313 e. The van der Waals surface area contributed by atoms with Crippen LogP contribution in [0.25, 0.3) is 5.69 Å². The smallest absolute Gasteiger partial charge is 0.0991 e. The van der Waals surface area contributed by atoms with Crippen LogP contribution in [0.1, 0.15) is 24.8 Å². The van der Waals surface area contributed by atoms with E-state index in [1.54, 1.807) is 12.5 Å². The van der Waals surface area contributed by atoms with E-state index in [-0.39, 0.29) is 0 Å². The molecule has 3 nitrogen and oxygen atoms in total. The van der Waals surface area contributed by atoms with E-state index in [1.807, 2.05) is 10.8 Å². The Balaban J connectivity index is 1.75. The van der Waals surface area contributed by atoms with E-state index >= 15 is 0 Å². The molecular formula is C16H19N3. The second-order valence-corrected chi connectivity index (χ2v) is 4.47. The molecule has 0 fully saturated rings. The molecule has 0 aliphatic carbocycles. The molecule has 3 heteroatoms. The molecule has 1 heterocycles. The molecule has 0 aliphatic heterocycles. The fraction of sp³-hybridized carbons (Fsp3) is 0.312. The summed E-state index contributed by atoms with van der Waals surface area (Å²) >= 11 is 0. The molecule has 1 N–H and O–H groups in total. The van der Waals surface area contributed by atoms with E-state index in [4.69, 9.17) is 6.42 Å². The second kappa shape index (κ2) is 7.40. The number of nitrogens with zero attached hydrogens (tertiary/aromatic N) is 2. The van der Waals surface area contributed by atoms with Crippen molar-refractivity contribution in [2.24, 2.45) is 0 Å². The highest BCUT2D eigenvalue weighted by molar-refractivity contribution is 5.34. The summed E-state index contributed by atoms with van der Waals surface area (Å²) in [6, 6.07) is 8.50. The van der Waals surface area contributed by atoms with E-state index in [2.05, 4.69) is 40.5 Å². The molecule has 0 spiro atoms. The SMILES string of the molecule is C#CCCCCNCc1ccc(-n2ccnc2)cc1. The zero-order valence-corrected chi connectivity index (χ0v) is 11.0. The standard InChI is InChI=1S/C16H19N3/c1-2-3-4-5-10-17-13-15-6-8-16(9-7-15)19-12-11-18-14-19/h1,6-9,11-12,14,17H,3-5,10,13H2. The van der Waals surface area contributed by atoms with Crippen molar-refractivity contribution in [1.82, 2.24) is 14.9 Å². The summed E-state index contributed by atoms with van der Waals surface area (Å²) < 4.78 is 2.00. The molecule has 0 aliphatic rings. The number of benzene rings is 1. The minimum atomic E-state index is 0.876. The number of imidazole rings is 1. The Morgan fingerprint density at radius 3 is 2.74 bits per heavy atom. The first-order valence-corrected chi connectivity index (χ1v) is 6.61. The normalized spacial score (nSPS) is 10.3. The van der Waals surface area contributed by atoms with Crippen molar-refractivity contribution in [3.63, 3.8) is 0 Å². The van der Waals surface area contributed by atoms with Crippen molar-refractivity contribution in [3.8, 4) is 18.0 Å². The highest BCUT2D eigenvalue weighted by atomic mass is 15.0. The lowest BCUT2D eigenvalue weighted by atomic mass is 10.2. The Morgan fingerprint density at radius 2 is 2.05 bits per heavy atom. The number of hydrogen-bond acceptors (Lipinski definition) is 2. The van der Waals surface area contributed by atoms with Crippen LogP contribution in [-0.2, 0) is 6.54 Å².